The molecule has 2 unspecified atom stereocenters. The zero-order chi connectivity index (χ0) is 13.7. The predicted molar refractivity (Wildman–Crippen MR) is 76.0 cm³/mol. The third-order valence-electron chi connectivity index (χ3n) is 3.13. The van der Waals surface area contributed by atoms with Gasteiger partial charge in [0, 0.05) is 28.7 Å². The van der Waals surface area contributed by atoms with Crippen LogP contribution in [0, 0.1) is 11.7 Å². The molecule has 2 nitrogen and oxygen atoms in total. The van der Waals surface area contributed by atoms with Crippen molar-refractivity contribution in [1.29, 1.82) is 0 Å². The van der Waals surface area contributed by atoms with Crippen LogP contribution in [0.25, 0.3) is 0 Å². The molecule has 1 aromatic rings. The zero-order valence-electron chi connectivity index (χ0n) is 11.1. The minimum absolute atomic E-state index is 0.0820. The number of rotatable bonds is 6. The smallest absolute Gasteiger partial charge is 0.128 e. The molecule has 0 saturated heterocycles. The summed E-state index contributed by atoms with van der Waals surface area (Å²) in [6.07, 6.45) is 0.678. The fraction of sp³-hybridized carbons (Fsp3) is 0.571. The number of nitrogens with one attached hydrogen (secondary N) is 1. The summed E-state index contributed by atoms with van der Waals surface area (Å²) in [4.78, 5) is 0. The first kappa shape index (κ1) is 15.6. The summed E-state index contributed by atoms with van der Waals surface area (Å²) in [7, 11) is 0. The second-order valence-corrected chi connectivity index (χ2v) is 5.83. The summed E-state index contributed by atoms with van der Waals surface area (Å²) in [6.45, 7) is 6.27. The van der Waals surface area contributed by atoms with Gasteiger partial charge in [-0.25, -0.2) is 4.39 Å². The van der Waals surface area contributed by atoms with Crippen LogP contribution in [0.5, 0.6) is 0 Å². The van der Waals surface area contributed by atoms with Crippen LogP contribution in [-0.2, 0) is 0 Å². The topological polar surface area (TPSA) is 32.3 Å². The predicted octanol–water partition coefficient (Wildman–Crippen LogP) is 3.65. The van der Waals surface area contributed by atoms with Gasteiger partial charge in [0.1, 0.15) is 5.82 Å². The summed E-state index contributed by atoms with van der Waals surface area (Å²) in [5.41, 5.74) is 0.646. The molecule has 2 atom stereocenters. The fourth-order valence-corrected chi connectivity index (χ4v) is 2.38. The minimum atomic E-state index is -0.204. The SMILES string of the molecule is CC(NC(CCO)C(C)C)c1cc(Br)ccc1F. The Morgan fingerprint density at radius 1 is 1.33 bits per heavy atom. The average Bonchev–Trinajstić information content (AvgIpc) is 2.31. The summed E-state index contributed by atoms with van der Waals surface area (Å²) >= 11 is 3.36. The van der Waals surface area contributed by atoms with E-state index in [2.05, 4.69) is 35.1 Å². The van der Waals surface area contributed by atoms with Crippen molar-refractivity contribution >= 4 is 15.9 Å². The lowest BCUT2D eigenvalue weighted by Crippen LogP contribution is -2.36. The Morgan fingerprint density at radius 3 is 2.56 bits per heavy atom. The number of aliphatic hydroxyl groups is 1. The Hall–Kier alpha value is -0.450. The number of hydrogen-bond acceptors (Lipinski definition) is 2. The van der Waals surface area contributed by atoms with Gasteiger partial charge < -0.3 is 10.4 Å². The van der Waals surface area contributed by atoms with Gasteiger partial charge in [-0.3, -0.25) is 0 Å². The molecule has 0 aliphatic carbocycles. The quantitative estimate of drug-likeness (QED) is 0.839. The van der Waals surface area contributed by atoms with Crippen LogP contribution in [0.4, 0.5) is 4.39 Å². The Kier molecular flexibility index (Phi) is 6.26. The van der Waals surface area contributed by atoms with Crippen molar-refractivity contribution in [3.8, 4) is 0 Å². The number of aliphatic hydroxyl groups excluding tert-OH is 1. The van der Waals surface area contributed by atoms with E-state index in [1.807, 2.05) is 6.92 Å². The fourth-order valence-electron chi connectivity index (χ4n) is 2.01. The van der Waals surface area contributed by atoms with Crippen LogP contribution in [-0.4, -0.2) is 17.8 Å². The van der Waals surface area contributed by atoms with Crippen molar-refractivity contribution in [2.45, 2.75) is 39.3 Å². The van der Waals surface area contributed by atoms with Crippen molar-refractivity contribution < 1.29 is 9.50 Å². The molecule has 102 valence electrons. The van der Waals surface area contributed by atoms with E-state index >= 15 is 0 Å². The maximum atomic E-state index is 13.7. The molecule has 18 heavy (non-hydrogen) atoms. The number of benzene rings is 1. The van der Waals surface area contributed by atoms with Gasteiger partial charge in [-0.1, -0.05) is 29.8 Å². The van der Waals surface area contributed by atoms with Crippen molar-refractivity contribution in [1.82, 2.24) is 5.32 Å². The molecule has 1 rings (SSSR count). The van der Waals surface area contributed by atoms with E-state index < -0.39 is 0 Å². The molecule has 0 heterocycles. The monoisotopic (exact) mass is 317 g/mol. The van der Waals surface area contributed by atoms with E-state index in [1.54, 1.807) is 12.1 Å². The highest BCUT2D eigenvalue weighted by Gasteiger charge is 2.18. The van der Waals surface area contributed by atoms with Crippen molar-refractivity contribution in [2.24, 2.45) is 5.92 Å². The van der Waals surface area contributed by atoms with Crippen molar-refractivity contribution in [3.05, 3.63) is 34.1 Å². The van der Waals surface area contributed by atoms with E-state index in [0.29, 0.717) is 17.9 Å². The molecule has 0 bridgehead atoms. The lowest BCUT2D eigenvalue weighted by atomic mass is 9.98. The Bertz CT molecular complexity index is 384. The molecule has 0 aliphatic heterocycles. The summed E-state index contributed by atoms with van der Waals surface area (Å²) in [6, 6.07) is 5.06. The third-order valence-corrected chi connectivity index (χ3v) is 3.63. The van der Waals surface area contributed by atoms with Gasteiger partial charge >= 0.3 is 0 Å². The lowest BCUT2D eigenvalue weighted by Gasteiger charge is -2.26. The highest BCUT2D eigenvalue weighted by molar-refractivity contribution is 9.10. The molecule has 1 aromatic carbocycles. The van der Waals surface area contributed by atoms with Crippen molar-refractivity contribution in [2.75, 3.05) is 6.61 Å². The Morgan fingerprint density at radius 2 is 2.00 bits per heavy atom. The van der Waals surface area contributed by atoms with Gasteiger partial charge in [-0.15, -0.1) is 0 Å². The largest absolute Gasteiger partial charge is 0.396 e. The first-order valence-electron chi connectivity index (χ1n) is 6.27. The molecule has 0 aliphatic rings. The van der Waals surface area contributed by atoms with Crippen LogP contribution in [0.2, 0.25) is 0 Å². The highest BCUT2D eigenvalue weighted by Crippen LogP contribution is 2.23. The zero-order valence-corrected chi connectivity index (χ0v) is 12.7. The van der Waals surface area contributed by atoms with Crippen LogP contribution in [0.15, 0.2) is 22.7 Å². The normalized spacial score (nSPS) is 14.8. The van der Waals surface area contributed by atoms with Gasteiger partial charge in [-0.05, 0) is 37.5 Å². The van der Waals surface area contributed by atoms with Gasteiger partial charge in [0.2, 0.25) is 0 Å². The highest BCUT2D eigenvalue weighted by atomic mass is 79.9. The lowest BCUT2D eigenvalue weighted by molar-refractivity contribution is 0.236. The maximum Gasteiger partial charge on any atom is 0.128 e. The maximum absolute atomic E-state index is 13.7. The van der Waals surface area contributed by atoms with Gasteiger partial charge in [0.05, 0.1) is 0 Å². The standard InChI is InChI=1S/C14H21BrFNO/c1-9(2)14(6-7-18)17-10(3)12-8-11(15)4-5-13(12)16/h4-5,8-10,14,17-18H,6-7H2,1-3H3. The van der Waals surface area contributed by atoms with E-state index in [0.717, 1.165) is 4.47 Å². The molecule has 0 amide bonds. The number of halogens is 2. The molecule has 0 spiro atoms. The molecule has 0 radical (unpaired) electrons. The summed E-state index contributed by atoms with van der Waals surface area (Å²) in [5.74, 6) is 0.194. The Balaban J connectivity index is 2.79. The molecular formula is C14H21BrFNO. The molecular weight excluding hydrogens is 297 g/mol. The average molecular weight is 318 g/mol. The van der Waals surface area contributed by atoms with Crippen LogP contribution in [0.3, 0.4) is 0 Å². The summed E-state index contributed by atoms with van der Waals surface area (Å²) < 4.78 is 14.6. The van der Waals surface area contributed by atoms with E-state index in [9.17, 15) is 4.39 Å². The van der Waals surface area contributed by atoms with Crippen LogP contribution < -0.4 is 5.32 Å². The van der Waals surface area contributed by atoms with Gasteiger partial charge in [-0.2, -0.15) is 0 Å². The van der Waals surface area contributed by atoms with Crippen LogP contribution >= 0.6 is 15.9 Å². The van der Waals surface area contributed by atoms with E-state index in [-0.39, 0.29) is 24.5 Å². The second-order valence-electron chi connectivity index (χ2n) is 4.92. The van der Waals surface area contributed by atoms with Crippen LogP contribution in [0.1, 0.15) is 38.8 Å². The van der Waals surface area contributed by atoms with Gasteiger partial charge in [0.25, 0.3) is 0 Å². The van der Waals surface area contributed by atoms with E-state index in [4.69, 9.17) is 5.11 Å². The first-order chi connectivity index (χ1) is 8.45. The van der Waals surface area contributed by atoms with Gasteiger partial charge in [0.15, 0.2) is 0 Å². The molecule has 0 saturated carbocycles. The number of hydrogen-bond donors (Lipinski definition) is 2. The minimum Gasteiger partial charge on any atom is -0.396 e. The molecule has 0 fully saturated rings. The molecule has 2 N–H and O–H groups in total. The third kappa shape index (κ3) is 4.34. The second kappa shape index (κ2) is 7.22. The Labute approximate surface area is 117 Å². The van der Waals surface area contributed by atoms with Crippen molar-refractivity contribution in [3.63, 3.8) is 0 Å². The van der Waals surface area contributed by atoms with E-state index in [1.165, 1.54) is 6.07 Å². The molecule has 0 aromatic heterocycles. The molecule has 4 heteroatoms. The summed E-state index contributed by atoms with van der Waals surface area (Å²) in [5, 5.41) is 12.4. The first-order valence-corrected chi connectivity index (χ1v) is 7.06.